The summed E-state index contributed by atoms with van der Waals surface area (Å²) in [6.07, 6.45) is 3.08. The highest BCUT2D eigenvalue weighted by Crippen LogP contribution is 2.21. The van der Waals surface area contributed by atoms with Crippen molar-refractivity contribution >= 4 is 33.4 Å². The first-order valence-electron chi connectivity index (χ1n) is 9.88. The van der Waals surface area contributed by atoms with Gasteiger partial charge in [0.1, 0.15) is 11.5 Å². The lowest BCUT2D eigenvalue weighted by atomic mass is 10.2. The van der Waals surface area contributed by atoms with Gasteiger partial charge >= 0.3 is 0 Å². The lowest BCUT2D eigenvalue weighted by molar-refractivity contribution is -0.111. The molecule has 8 heteroatoms. The maximum Gasteiger partial charge on any atom is 0.261 e. The standard InChI is InChI=1S/C24H24N2O5S/c1-3-31-22-13-7-20(8-14-22)26-32(28,29)23-15-9-19(10-16-23)25-24(27)17-6-18-4-11-21(30-2)12-5-18/h4-17,26H,3H2,1-2H3,(H,25,27)/b17-6+. The molecule has 2 N–H and O–H groups in total. The Morgan fingerprint density at radius 2 is 1.47 bits per heavy atom. The number of methoxy groups -OCH3 is 1. The van der Waals surface area contributed by atoms with Crippen molar-refractivity contribution in [3.8, 4) is 11.5 Å². The van der Waals surface area contributed by atoms with Gasteiger partial charge in [-0.2, -0.15) is 0 Å². The maximum atomic E-state index is 12.6. The third kappa shape index (κ3) is 6.36. The largest absolute Gasteiger partial charge is 0.497 e. The molecule has 0 aromatic heterocycles. The van der Waals surface area contributed by atoms with E-state index in [0.717, 1.165) is 11.3 Å². The molecule has 0 aliphatic carbocycles. The molecule has 0 radical (unpaired) electrons. The van der Waals surface area contributed by atoms with Gasteiger partial charge in [0.05, 0.1) is 18.6 Å². The Balaban J connectivity index is 1.60. The summed E-state index contributed by atoms with van der Waals surface area (Å²) >= 11 is 0. The summed E-state index contributed by atoms with van der Waals surface area (Å²) in [5, 5.41) is 2.70. The number of amides is 1. The van der Waals surface area contributed by atoms with E-state index < -0.39 is 10.0 Å². The van der Waals surface area contributed by atoms with Crippen LogP contribution in [0.3, 0.4) is 0 Å². The van der Waals surface area contributed by atoms with Crippen molar-refractivity contribution in [3.63, 3.8) is 0 Å². The molecule has 0 aliphatic heterocycles. The van der Waals surface area contributed by atoms with E-state index in [4.69, 9.17) is 9.47 Å². The number of benzene rings is 3. The van der Waals surface area contributed by atoms with E-state index >= 15 is 0 Å². The van der Waals surface area contributed by atoms with Gasteiger partial charge in [0, 0.05) is 17.5 Å². The average Bonchev–Trinajstić information content (AvgIpc) is 2.80. The number of rotatable bonds is 9. The van der Waals surface area contributed by atoms with Crippen LogP contribution in [0.4, 0.5) is 11.4 Å². The molecule has 3 aromatic rings. The number of hydrogen-bond donors (Lipinski definition) is 2. The Bertz CT molecular complexity index is 1170. The smallest absolute Gasteiger partial charge is 0.261 e. The van der Waals surface area contributed by atoms with Gasteiger partial charge in [0.2, 0.25) is 5.91 Å². The highest BCUT2D eigenvalue weighted by molar-refractivity contribution is 7.92. The molecule has 0 fully saturated rings. The molecule has 166 valence electrons. The quantitative estimate of drug-likeness (QED) is 0.465. The van der Waals surface area contributed by atoms with E-state index in [1.165, 1.54) is 30.3 Å². The Kier molecular flexibility index (Phi) is 7.51. The van der Waals surface area contributed by atoms with Crippen molar-refractivity contribution in [2.75, 3.05) is 23.8 Å². The molecule has 0 atom stereocenters. The van der Waals surface area contributed by atoms with Crippen LogP contribution in [0.15, 0.2) is 83.8 Å². The maximum absolute atomic E-state index is 12.6. The Labute approximate surface area is 187 Å². The molecule has 1 amide bonds. The van der Waals surface area contributed by atoms with Gasteiger partial charge in [0.25, 0.3) is 10.0 Å². The van der Waals surface area contributed by atoms with Gasteiger partial charge in [-0.25, -0.2) is 8.42 Å². The second kappa shape index (κ2) is 10.5. The number of nitrogens with one attached hydrogen (secondary N) is 2. The topological polar surface area (TPSA) is 93.7 Å². The van der Waals surface area contributed by atoms with Crippen LogP contribution in [0.25, 0.3) is 6.08 Å². The number of sulfonamides is 1. The van der Waals surface area contributed by atoms with Gasteiger partial charge in [-0.3, -0.25) is 9.52 Å². The predicted octanol–water partition coefficient (Wildman–Crippen LogP) is 4.55. The second-order valence-corrected chi connectivity index (χ2v) is 8.37. The number of hydrogen-bond acceptors (Lipinski definition) is 5. The summed E-state index contributed by atoms with van der Waals surface area (Å²) in [5.41, 5.74) is 1.76. The molecular formula is C24H24N2O5S. The average molecular weight is 453 g/mol. The molecular weight excluding hydrogens is 428 g/mol. The lowest BCUT2D eigenvalue weighted by Crippen LogP contribution is -2.13. The van der Waals surface area contributed by atoms with Crippen molar-refractivity contribution in [2.45, 2.75) is 11.8 Å². The highest BCUT2D eigenvalue weighted by atomic mass is 32.2. The first kappa shape index (κ1) is 22.9. The Morgan fingerprint density at radius 3 is 2.06 bits per heavy atom. The first-order chi connectivity index (χ1) is 15.4. The van der Waals surface area contributed by atoms with E-state index in [1.54, 1.807) is 49.6 Å². The van der Waals surface area contributed by atoms with E-state index in [2.05, 4.69) is 10.0 Å². The number of carbonyl (C=O) groups excluding carboxylic acids is 1. The van der Waals surface area contributed by atoms with Gasteiger partial charge in [-0.1, -0.05) is 12.1 Å². The Morgan fingerprint density at radius 1 is 0.875 bits per heavy atom. The van der Waals surface area contributed by atoms with E-state index in [0.29, 0.717) is 23.7 Å². The molecule has 0 aliphatic rings. The van der Waals surface area contributed by atoms with Crippen molar-refractivity contribution in [1.82, 2.24) is 0 Å². The SMILES string of the molecule is CCOc1ccc(NS(=O)(=O)c2ccc(NC(=O)/C=C/c3ccc(OC)cc3)cc2)cc1. The van der Waals surface area contributed by atoms with Crippen LogP contribution in [0.5, 0.6) is 11.5 Å². The summed E-state index contributed by atoms with van der Waals surface area (Å²) in [5.74, 6) is 1.07. The molecule has 3 aromatic carbocycles. The summed E-state index contributed by atoms with van der Waals surface area (Å²) in [6, 6.07) is 19.9. The third-order valence-corrected chi connectivity index (χ3v) is 5.79. The van der Waals surface area contributed by atoms with Crippen LogP contribution in [0, 0.1) is 0 Å². The molecule has 7 nitrogen and oxygen atoms in total. The van der Waals surface area contributed by atoms with Gasteiger partial charge in [-0.05, 0) is 79.2 Å². The minimum atomic E-state index is -3.76. The molecule has 32 heavy (non-hydrogen) atoms. The van der Waals surface area contributed by atoms with Crippen LogP contribution < -0.4 is 19.5 Å². The van der Waals surface area contributed by atoms with Crippen molar-refractivity contribution in [2.24, 2.45) is 0 Å². The summed E-state index contributed by atoms with van der Waals surface area (Å²) in [6.45, 7) is 2.41. The molecule has 0 unspecified atom stereocenters. The first-order valence-corrected chi connectivity index (χ1v) is 11.4. The van der Waals surface area contributed by atoms with E-state index in [1.807, 2.05) is 19.1 Å². The summed E-state index contributed by atoms with van der Waals surface area (Å²) in [7, 11) is -2.18. The number of ether oxygens (including phenoxy) is 2. The van der Waals surface area contributed by atoms with Crippen molar-refractivity contribution in [1.29, 1.82) is 0 Å². The van der Waals surface area contributed by atoms with Crippen LogP contribution in [0.2, 0.25) is 0 Å². The van der Waals surface area contributed by atoms with Crippen LogP contribution in [-0.4, -0.2) is 28.0 Å². The van der Waals surface area contributed by atoms with E-state index in [9.17, 15) is 13.2 Å². The molecule has 0 saturated carbocycles. The fourth-order valence-electron chi connectivity index (χ4n) is 2.79. The molecule has 0 bridgehead atoms. The normalized spacial score (nSPS) is 11.2. The molecule has 0 spiro atoms. The summed E-state index contributed by atoms with van der Waals surface area (Å²) in [4.78, 5) is 12.2. The molecule has 0 saturated heterocycles. The minimum absolute atomic E-state index is 0.0816. The van der Waals surface area contributed by atoms with Crippen LogP contribution in [0.1, 0.15) is 12.5 Å². The third-order valence-electron chi connectivity index (χ3n) is 4.39. The molecule has 0 heterocycles. The van der Waals surface area contributed by atoms with Crippen LogP contribution in [-0.2, 0) is 14.8 Å². The Hall–Kier alpha value is -3.78. The fraction of sp³-hybridized carbons (Fsp3) is 0.125. The zero-order valence-electron chi connectivity index (χ0n) is 17.7. The van der Waals surface area contributed by atoms with Gasteiger partial charge < -0.3 is 14.8 Å². The number of anilines is 2. The predicted molar refractivity (Wildman–Crippen MR) is 126 cm³/mol. The minimum Gasteiger partial charge on any atom is -0.497 e. The zero-order valence-corrected chi connectivity index (χ0v) is 18.6. The monoisotopic (exact) mass is 452 g/mol. The lowest BCUT2D eigenvalue weighted by Gasteiger charge is -2.10. The molecule has 3 rings (SSSR count). The fourth-order valence-corrected chi connectivity index (χ4v) is 3.85. The second-order valence-electron chi connectivity index (χ2n) is 6.68. The van der Waals surface area contributed by atoms with Gasteiger partial charge in [-0.15, -0.1) is 0 Å². The summed E-state index contributed by atoms with van der Waals surface area (Å²) < 4.78 is 38.2. The zero-order chi connectivity index (χ0) is 23.0. The highest BCUT2D eigenvalue weighted by Gasteiger charge is 2.14. The van der Waals surface area contributed by atoms with Crippen molar-refractivity contribution in [3.05, 3.63) is 84.4 Å². The van der Waals surface area contributed by atoms with E-state index in [-0.39, 0.29) is 10.8 Å². The van der Waals surface area contributed by atoms with Crippen molar-refractivity contribution < 1.29 is 22.7 Å². The van der Waals surface area contributed by atoms with Crippen LogP contribution >= 0.6 is 0 Å². The van der Waals surface area contributed by atoms with Gasteiger partial charge in [0.15, 0.2) is 0 Å². The number of carbonyl (C=O) groups is 1.